The number of para-hydroxylation sites is 1. The van der Waals surface area contributed by atoms with E-state index in [4.69, 9.17) is 0 Å². The lowest BCUT2D eigenvalue weighted by Crippen LogP contribution is -2.27. The number of nitrogens with one attached hydrogen (secondary N) is 2. The highest BCUT2D eigenvalue weighted by molar-refractivity contribution is 7.99. The molecule has 5 rings (SSSR count). The third kappa shape index (κ3) is 4.49. The molecular formula is C25H22N4O2S2. The van der Waals surface area contributed by atoms with Crippen LogP contribution >= 0.6 is 23.1 Å². The van der Waals surface area contributed by atoms with E-state index < -0.39 is 0 Å². The minimum absolute atomic E-state index is 0.164. The molecule has 0 unspecified atom stereocenters. The van der Waals surface area contributed by atoms with Crippen LogP contribution in [0, 0.1) is 13.8 Å². The van der Waals surface area contributed by atoms with Crippen LogP contribution in [0.5, 0.6) is 0 Å². The van der Waals surface area contributed by atoms with Gasteiger partial charge in [0.05, 0.1) is 16.8 Å². The van der Waals surface area contributed by atoms with Crippen molar-refractivity contribution in [3.63, 3.8) is 0 Å². The van der Waals surface area contributed by atoms with E-state index in [0.717, 1.165) is 38.5 Å². The molecular weight excluding hydrogens is 452 g/mol. The Balaban J connectivity index is 1.43. The van der Waals surface area contributed by atoms with Gasteiger partial charge in [-0.15, -0.1) is 11.3 Å². The Morgan fingerprint density at radius 3 is 2.48 bits per heavy atom. The molecule has 2 aromatic heterocycles. The minimum atomic E-state index is -0.270. The molecule has 1 saturated carbocycles. The number of benzene rings is 2. The van der Waals surface area contributed by atoms with Gasteiger partial charge in [0.1, 0.15) is 16.2 Å². The summed E-state index contributed by atoms with van der Waals surface area (Å²) in [4.78, 5) is 37.8. The molecule has 33 heavy (non-hydrogen) atoms. The van der Waals surface area contributed by atoms with Gasteiger partial charge >= 0.3 is 0 Å². The average Bonchev–Trinajstić information content (AvgIpc) is 3.58. The van der Waals surface area contributed by atoms with E-state index in [2.05, 4.69) is 34.4 Å². The largest absolute Gasteiger partial charge is 0.349 e. The maximum Gasteiger partial charge on any atom is 0.256 e. The summed E-state index contributed by atoms with van der Waals surface area (Å²) in [5, 5.41) is 7.78. The van der Waals surface area contributed by atoms with E-state index in [1.165, 1.54) is 16.6 Å². The smallest absolute Gasteiger partial charge is 0.256 e. The fourth-order valence-corrected chi connectivity index (χ4v) is 5.68. The molecule has 0 atom stereocenters. The molecule has 1 aliphatic carbocycles. The zero-order valence-corrected chi connectivity index (χ0v) is 19.8. The summed E-state index contributed by atoms with van der Waals surface area (Å²) in [6.07, 6.45) is 3.58. The van der Waals surface area contributed by atoms with Gasteiger partial charge in [0.15, 0.2) is 0 Å². The van der Waals surface area contributed by atoms with Gasteiger partial charge in [-0.3, -0.25) is 9.59 Å². The van der Waals surface area contributed by atoms with Crippen LogP contribution in [0.25, 0.3) is 10.2 Å². The molecule has 4 aromatic rings. The Labute approximate surface area is 199 Å². The van der Waals surface area contributed by atoms with Crippen molar-refractivity contribution in [2.24, 2.45) is 0 Å². The quantitative estimate of drug-likeness (QED) is 0.355. The number of aromatic nitrogens is 2. The summed E-state index contributed by atoms with van der Waals surface area (Å²) in [6, 6.07) is 14.8. The lowest BCUT2D eigenvalue weighted by molar-refractivity contribution is 0.0952. The predicted octanol–water partition coefficient (Wildman–Crippen LogP) is 5.60. The Hall–Kier alpha value is -3.23. The first-order valence-electron chi connectivity index (χ1n) is 10.7. The summed E-state index contributed by atoms with van der Waals surface area (Å²) in [6.45, 7) is 4.15. The highest BCUT2D eigenvalue weighted by atomic mass is 32.2. The number of anilines is 1. The maximum absolute atomic E-state index is 13.3. The fraction of sp³-hybridized carbons (Fsp3) is 0.200. The van der Waals surface area contributed by atoms with Gasteiger partial charge in [-0.05, 0) is 56.5 Å². The highest BCUT2D eigenvalue weighted by Crippen LogP contribution is 2.38. The Morgan fingerprint density at radius 2 is 1.70 bits per heavy atom. The van der Waals surface area contributed by atoms with Gasteiger partial charge in [-0.2, -0.15) is 0 Å². The first-order chi connectivity index (χ1) is 16.0. The molecule has 2 aromatic carbocycles. The molecule has 0 bridgehead atoms. The van der Waals surface area contributed by atoms with Crippen molar-refractivity contribution in [2.75, 3.05) is 5.32 Å². The molecule has 2 heterocycles. The van der Waals surface area contributed by atoms with Crippen molar-refractivity contribution in [3.05, 3.63) is 76.4 Å². The lowest BCUT2D eigenvalue weighted by Gasteiger charge is -2.13. The first-order valence-corrected chi connectivity index (χ1v) is 12.3. The molecule has 2 N–H and O–H groups in total. The monoisotopic (exact) mass is 474 g/mol. The normalized spacial score (nSPS) is 13.2. The highest BCUT2D eigenvalue weighted by Gasteiger charge is 2.25. The topological polar surface area (TPSA) is 84.0 Å². The number of aryl methyl sites for hydroxylation is 2. The van der Waals surface area contributed by atoms with Gasteiger partial charge in [-0.1, -0.05) is 36.0 Å². The second-order valence-electron chi connectivity index (χ2n) is 7.99. The number of thiophene rings is 1. The van der Waals surface area contributed by atoms with Crippen LogP contribution in [0.2, 0.25) is 0 Å². The molecule has 8 heteroatoms. The third-order valence-electron chi connectivity index (χ3n) is 5.60. The SMILES string of the molecule is Cc1sc2ncnc(Sc3ccccc3C(=O)Nc3ccccc3C(=O)NC3CC3)c2c1C. The molecule has 0 radical (unpaired) electrons. The number of carbonyl (C=O) groups excluding carboxylic acids is 2. The Morgan fingerprint density at radius 1 is 0.970 bits per heavy atom. The van der Waals surface area contributed by atoms with Gasteiger partial charge < -0.3 is 10.6 Å². The molecule has 1 fully saturated rings. The second-order valence-corrected chi connectivity index (χ2v) is 10.2. The van der Waals surface area contributed by atoms with Gasteiger partial charge in [0.2, 0.25) is 0 Å². The van der Waals surface area contributed by atoms with E-state index >= 15 is 0 Å². The van der Waals surface area contributed by atoms with E-state index in [1.807, 2.05) is 24.3 Å². The van der Waals surface area contributed by atoms with Crippen LogP contribution < -0.4 is 10.6 Å². The number of carbonyl (C=O) groups is 2. The summed E-state index contributed by atoms with van der Waals surface area (Å²) < 4.78 is 0. The molecule has 0 aliphatic heterocycles. The number of hydrogen-bond acceptors (Lipinski definition) is 6. The lowest BCUT2D eigenvalue weighted by atomic mass is 10.1. The maximum atomic E-state index is 13.3. The summed E-state index contributed by atoms with van der Waals surface area (Å²) in [5.41, 5.74) is 2.64. The summed E-state index contributed by atoms with van der Waals surface area (Å²) in [7, 11) is 0. The van der Waals surface area contributed by atoms with E-state index in [-0.39, 0.29) is 17.9 Å². The minimum Gasteiger partial charge on any atom is -0.349 e. The van der Waals surface area contributed by atoms with Gasteiger partial charge in [0.25, 0.3) is 11.8 Å². The van der Waals surface area contributed by atoms with E-state index in [0.29, 0.717) is 16.8 Å². The van der Waals surface area contributed by atoms with Crippen molar-refractivity contribution in [1.82, 2.24) is 15.3 Å². The van der Waals surface area contributed by atoms with Crippen molar-refractivity contribution < 1.29 is 9.59 Å². The van der Waals surface area contributed by atoms with Gasteiger partial charge in [-0.25, -0.2) is 9.97 Å². The number of hydrogen-bond donors (Lipinski definition) is 2. The van der Waals surface area contributed by atoms with Crippen LogP contribution in [0.1, 0.15) is 44.0 Å². The van der Waals surface area contributed by atoms with E-state index in [1.54, 1.807) is 41.9 Å². The van der Waals surface area contributed by atoms with Crippen LogP contribution in [0.4, 0.5) is 5.69 Å². The van der Waals surface area contributed by atoms with Crippen LogP contribution in [-0.2, 0) is 0 Å². The van der Waals surface area contributed by atoms with Crippen LogP contribution in [0.15, 0.2) is 64.8 Å². The van der Waals surface area contributed by atoms with E-state index in [9.17, 15) is 9.59 Å². The zero-order valence-electron chi connectivity index (χ0n) is 18.2. The zero-order chi connectivity index (χ0) is 22.9. The molecule has 166 valence electrons. The molecule has 0 spiro atoms. The first kappa shape index (κ1) is 21.6. The van der Waals surface area contributed by atoms with Crippen LogP contribution in [-0.4, -0.2) is 27.8 Å². The number of rotatable bonds is 6. The molecule has 2 amide bonds. The summed E-state index contributed by atoms with van der Waals surface area (Å²) >= 11 is 3.10. The molecule has 6 nitrogen and oxygen atoms in total. The van der Waals surface area contributed by atoms with Crippen molar-refractivity contribution >= 4 is 50.8 Å². The second kappa shape index (κ2) is 8.96. The molecule has 1 aliphatic rings. The van der Waals surface area contributed by atoms with Crippen molar-refractivity contribution in [1.29, 1.82) is 0 Å². The average molecular weight is 475 g/mol. The van der Waals surface area contributed by atoms with Crippen LogP contribution in [0.3, 0.4) is 0 Å². The Bertz CT molecular complexity index is 1380. The van der Waals surface area contributed by atoms with Crippen molar-refractivity contribution in [3.8, 4) is 0 Å². The van der Waals surface area contributed by atoms with Crippen molar-refractivity contribution in [2.45, 2.75) is 42.7 Å². The predicted molar refractivity (Wildman–Crippen MR) is 132 cm³/mol. The molecule has 0 saturated heterocycles. The number of nitrogens with zero attached hydrogens (tertiary/aromatic N) is 2. The number of amides is 2. The van der Waals surface area contributed by atoms with Gasteiger partial charge in [0, 0.05) is 21.2 Å². The summed E-state index contributed by atoms with van der Waals surface area (Å²) in [5.74, 6) is -0.434. The standard InChI is InChI=1S/C25H22N4O2S2/c1-14-15(2)32-24-21(14)25(27-13-26-24)33-20-10-6-4-8-18(20)23(31)29-19-9-5-3-7-17(19)22(30)28-16-11-12-16/h3-10,13,16H,11-12H2,1-2H3,(H,28,30)(H,29,31). The fourth-order valence-electron chi connectivity index (χ4n) is 3.55. The third-order valence-corrected chi connectivity index (χ3v) is 7.80. The number of fused-ring (bicyclic) bond motifs is 1. The Kier molecular flexibility index (Phi) is 5.86.